The Balaban J connectivity index is 1.64. The Hall–Kier alpha value is -2.24. The molecule has 2 heterocycles. The van der Waals surface area contributed by atoms with Crippen molar-refractivity contribution in [1.82, 2.24) is 9.27 Å². The Bertz CT molecular complexity index is 864. The van der Waals surface area contributed by atoms with Crippen LogP contribution in [0.2, 0.25) is 0 Å². The molecule has 4 rings (SSSR count). The second-order valence-corrected chi connectivity index (χ2v) is 7.05. The molecular formula is C19H19N3OS. The number of nitrogens with zero attached hydrogens (tertiary/aromatic N) is 3. The lowest BCUT2D eigenvalue weighted by molar-refractivity contribution is 0.112. The Labute approximate surface area is 145 Å². The van der Waals surface area contributed by atoms with Crippen molar-refractivity contribution in [2.45, 2.75) is 0 Å². The highest BCUT2D eigenvalue weighted by Gasteiger charge is 2.15. The van der Waals surface area contributed by atoms with Crippen LogP contribution in [0.25, 0.3) is 21.3 Å². The SMILES string of the molecule is CN1CCN(c2ccc(-c3nsc4ccc(C=O)cc34)cc2)CC1. The minimum atomic E-state index is 0.693. The molecule has 0 spiro atoms. The summed E-state index contributed by atoms with van der Waals surface area (Å²) in [5, 5.41) is 1.05. The minimum absolute atomic E-state index is 0.693. The fraction of sp³-hybridized carbons (Fsp3) is 0.263. The van der Waals surface area contributed by atoms with Crippen LogP contribution >= 0.6 is 11.5 Å². The maximum absolute atomic E-state index is 11.0. The van der Waals surface area contributed by atoms with E-state index in [0.717, 1.165) is 53.8 Å². The number of piperazine rings is 1. The van der Waals surface area contributed by atoms with Gasteiger partial charge in [0.15, 0.2) is 0 Å². The Morgan fingerprint density at radius 3 is 2.50 bits per heavy atom. The molecule has 4 nitrogen and oxygen atoms in total. The topological polar surface area (TPSA) is 36.4 Å². The fourth-order valence-electron chi connectivity index (χ4n) is 3.13. The van der Waals surface area contributed by atoms with E-state index in [0.29, 0.717) is 5.56 Å². The monoisotopic (exact) mass is 337 g/mol. The third kappa shape index (κ3) is 2.81. The van der Waals surface area contributed by atoms with E-state index in [-0.39, 0.29) is 0 Å². The summed E-state index contributed by atoms with van der Waals surface area (Å²) in [5.41, 5.74) is 4.02. The molecule has 0 aliphatic carbocycles. The molecule has 0 atom stereocenters. The van der Waals surface area contributed by atoms with Crippen LogP contribution in [0.1, 0.15) is 10.4 Å². The van der Waals surface area contributed by atoms with Gasteiger partial charge in [-0.2, -0.15) is 4.37 Å². The lowest BCUT2D eigenvalue weighted by atomic mass is 10.1. The van der Waals surface area contributed by atoms with E-state index in [1.807, 2.05) is 18.2 Å². The summed E-state index contributed by atoms with van der Waals surface area (Å²) in [5.74, 6) is 0. The number of carbonyl (C=O) groups is 1. The van der Waals surface area contributed by atoms with Crippen molar-refractivity contribution in [1.29, 1.82) is 0 Å². The molecule has 0 saturated carbocycles. The zero-order valence-corrected chi connectivity index (χ0v) is 14.4. The second kappa shape index (κ2) is 6.34. The van der Waals surface area contributed by atoms with E-state index in [9.17, 15) is 4.79 Å². The number of rotatable bonds is 3. The maximum Gasteiger partial charge on any atom is 0.150 e. The van der Waals surface area contributed by atoms with Crippen LogP contribution in [0.15, 0.2) is 42.5 Å². The number of carbonyl (C=O) groups excluding carboxylic acids is 1. The molecule has 0 bridgehead atoms. The molecule has 1 fully saturated rings. The summed E-state index contributed by atoms with van der Waals surface area (Å²) in [4.78, 5) is 15.8. The van der Waals surface area contributed by atoms with Gasteiger partial charge in [0.2, 0.25) is 0 Å². The largest absolute Gasteiger partial charge is 0.369 e. The summed E-state index contributed by atoms with van der Waals surface area (Å²) >= 11 is 1.48. The molecule has 3 aromatic rings. The highest BCUT2D eigenvalue weighted by molar-refractivity contribution is 7.13. The summed E-state index contributed by atoms with van der Waals surface area (Å²) < 4.78 is 5.71. The second-order valence-electron chi connectivity index (χ2n) is 6.24. The summed E-state index contributed by atoms with van der Waals surface area (Å²) in [6.45, 7) is 4.34. The number of hydrogen-bond acceptors (Lipinski definition) is 5. The zero-order valence-electron chi connectivity index (χ0n) is 13.6. The van der Waals surface area contributed by atoms with Crippen LogP contribution in [-0.4, -0.2) is 48.8 Å². The van der Waals surface area contributed by atoms with Gasteiger partial charge in [0.05, 0.1) is 10.4 Å². The number of hydrogen-bond donors (Lipinski definition) is 0. The average Bonchev–Trinajstić information content (AvgIpc) is 3.05. The standard InChI is InChI=1S/C19H19N3OS/c1-21-8-10-22(11-9-21)16-5-3-15(4-6-16)19-17-12-14(13-23)2-7-18(17)24-20-19/h2-7,12-13H,8-11H2,1H3. The van der Waals surface area contributed by atoms with Gasteiger partial charge in [0.1, 0.15) is 6.29 Å². The summed E-state index contributed by atoms with van der Waals surface area (Å²) in [6, 6.07) is 14.4. The van der Waals surface area contributed by atoms with E-state index in [1.165, 1.54) is 17.2 Å². The molecular weight excluding hydrogens is 318 g/mol. The van der Waals surface area contributed by atoms with Crippen LogP contribution in [0.5, 0.6) is 0 Å². The smallest absolute Gasteiger partial charge is 0.150 e. The maximum atomic E-state index is 11.0. The lowest BCUT2D eigenvalue weighted by Gasteiger charge is -2.34. The summed E-state index contributed by atoms with van der Waals surface area (Å²) in [7, 11) is 2.17. The molecule has 0 unspecified atom stereocenters. The first kappa shape index (κ1) is 15.3. The highest BCUT2D eigenvalue weighted by atomic mass is 32.1. The Morgan fingerprint density at radius 1 is 1.04 bits per heavy atom. The van der Waals surface area contributed by atoms with E-state index in [2.05, 4.69) is 45.5 Å². The molecule has 2 aromatic carbocycles. The molecule has 122 valence electrons. The van der Waals surface area contributed by atoms with Crippen molar-refractivity contribution in [3.8, 4) is 11.3 Å². The van der Waals surface area contributed by atoms with Gasteiger partial charge in [-0.1, -0.05) is 18.2 Å². The first-order valence-corrected chi connectivity index (χ1v) is 8.90. The van der Waals surface area contributed by atoms with Crippen LogP contribution in [0.4, 0.5) is 5.69 Å². The quantitative estimate of drug-likeness (QED) is 0.685. The number of aromatic nitrogens is 1. The predicted molar refractivity (Wildman–Crippen MR) is 100 cm³/mol. The van der Waals surface area contributed by atoms with Gasteiger partial charge in [-0.15, -0.1) is 0 Å². The normalized spacial score (nSPS) is 15.8. The number of likely N-dealkylation sites (N-methyl/N-ethyl adjacent to an activating group) is 1. The zero-order chi connectivity index (χ0) is 16.5. The molecule has 1 aliphatic rings. The van der Waals surface area contributed by atoms with Crippen molar-refractivity contribution in [2.24, 2.45) is 0 Å². The number of fused-ring (bicyclic) bond motifs is 1. The van der Waals surface area contributed by atoms with Crippen LogP contribution in [-0.2, 0) is 0 Å². The predicted octanol–water partition coefficient (Wildman–Crippen LogP) is 3.53. The Morgan fingerprint density at radius 2 is 1.79 bits per heavy atom. The van der Waals surface area contributed by atoms with Gasteiger partial charge in [-0.25, -0.2) is 0 Å². The van der Waals surface area contributed by atoms with Crippen LogP contribution in [0, 0.1) is 0 Å². The molecule has 1 aliphatic heterocycles. The van der Waals surface area contributed by atoms with Crippen LogP contribution < -0.4 is 4.90 Å². The summed E-state index contributed by atoms with van der Waals surface area (Å²) in [6.07, 6.45) is 0.886. The van der Waals surface area contributed by atoms with Gasteiger partial charge in [-0.3, -0.25) is 4.79 Å². The van der Waals surface area contributed by atoms with E-state index in [4.69, 9.17) is 0 Å². The van der Waals surface area contributed by atoms with Gasteiger partial charge >= 0.3 is 0 Å². The minimum Gasteiger partial charge on any atom is -0.369 e. The van der Waals surface area contributed by atoms with Gasteiger partial charge < -0.3 is 9.80 Å². The lowest BCUT2D eigenvalue weighted by Crippen LogP contribution is -2.44. The molecule has 5 heteroatoms. The first-order chi connectivity index (χ1) is 11.7. The van der Waals surface area contributed by atoms with Crippen molar-refractivity contribution in [3.05, 3.63) is 48.0 Å². The van der Waals surface area contributed by atoms with Crippen LogP contribution in [0.3, 0.4) is 0 Å². The van der Waals surface area contributed by atoms with Crippen molar-refractivity contribution in [2.75, 3.05) is 38.1 Å². The number of aldehydes is 1. The molecule has 0 N–H and O–H groups in total. The van der Waals surface area contributed by atoms with Crippen molar-refractivity contribution in [3.63, 3.8) is 0 Å². The van der Waals surface area contributed by atoms with E-state index < -0.39 is 0 Å². The van der Waals surface area contributed by atoms with E-state index in [1.54, 1.807) is 0 Å². The van der Waals surface area contributed by atoms with Gasteiger partial charge in [0.25, 0.3) is 0 Å². The molecule has 0 radical (unpaired) electrons. The first-order valence-electron chi connectivity index (χ1n) is 8.13. The van der Waals surface area contributed by atoms with Gasteiger partial charge in [-0.05, 0) is 42.8 Å². The molecule has 0 amide bonds. The Kier molecular flexibility index (Phi) is 4.04. The highest BCUT2D eigenvalue weighted by Crippen LogP contribution is 2.32. The number of anilines is 1. The van der Waals surface area contributed by atoms with Gasteiger partial charge in [0, 0.05) is 48.4 Å². The fourth-order valence-corrected chi connectivity index (χ4v) is 3.91. The average molecular weight is 337 g/mol. The third-order valence-corrected chi connectivity index (χ3v) is 5.47. The molecule has 1 aromatic heterocycles. The third-order valence-electron chi connectivity index (χ3n) is 4.64. The van der Waals surface area contributed by atoms with E-state index >= 15 is 0 Å². The van der Waals surface area contributed by atoms with Crippen molar-refractivity contribution < 1.29 is 4.79 Å². The molecule has 1 saturated heterocycles. The number of benzene rings is 2. The molecule has 24 heavy (non-hydrogen) atoms. The van der Waals surface area contributed by atoms with Crippen molar-refractivity contribution >= 4 is 33.6 Å².